The van der Waals surface area contributed by atoms with Gasteiger partial charge >= 0.3 is 0 Å². The third-order valence-corrected chi connectivity index (χ3v) is 5.82. The van der Waals surface area contributed by atoms with Gasteiger partial charge in [0, 0.05) is 6.42 Å². The Morgan fingerprint density at radius 1 is 1.18 bits per heavy atom. The zero-order chi connectivity index (χ0) is 19.5. The van der Waals surface area contributed by atoms with Crippen molar-refractivity contribution < 1.29 is 9.53 Å². The highest BCUT2D eigenvalue weighted by atomic mass is 32.2. The molecular formula is C20H21N5O2S. The van der Waals surface area contributed by atoms with Crippen LogP contribution < -0.4 is 15.5 Å². The van der Waals surface area contributed by atoms with Gasteiger partial charge in [-0.1, -0.05) is 61.2 Å². The molecule has 8 heteroatoms. The minimum atomic E-state index is -0.422. The van der Waals surface area contributed by atoms with Gasteiger partial charge in [-0.05, 0) is 17.7 Å². The number of methoxy groups -OCH3 is 1. The number of nitrogens with zero attached hydrogens (tertiary/aromatic N) is 3. The van der Waals surface area contributed by atoms with Crippen LogP contribution in [0.2, 0.25) is 0 Å². The highest BCUT2D eigenvalue weighted by Gasteiger charge is 2.37. The molecule has 1 aliphatic rings. The maximum atomic E-state index is 13.2. The van der Waals surface area contributed by atoms with E-state index in [9.17, 15) is 4.79 Å². The maximum Gasteiger partial charge on any atom is 0.240 e. The normalized spacial score (nSPS) is 18.1. The van der Waals surface area contributed by atoms with E-state index in [-0.39, 0.29) is 11.9 Å². The Labute approximate surface area is 167 Å². The van der Waals surface area contributed by atoms with Crippen LogP contribution in [-0.2, 0) is 11.2 Å². The average Bonchev–Trinajstić information content (AvgIpc) is 3.16. The van der Waals surface area contributed by atoms with Crippen molar-refractivity contribution >= 4 is 23.4 Å². The third kappa shape index (κ3) is 3.43. The number of rotatable bonds is 5. The van der Waals surface area contributed by atoms with Crippen molar-refractivity contribution in [2.24, 2.45) is 0 Å². The molecule has 28 heavy (non-hydrogen) atoms. The number of para-hydroxylation sites is 2. The summed E-state index contributed by atoms with van der Waals surface area (Å²) in [6.07, 6.45) is 0.750. The van der Waals surface area contributed by atoms with Gasteiger partial charge in [-0.15, -0.1) is 10.2 Å². The van der Waals surface area contributed by atoms with Crippen molar-refractivity contribution in [2.75, 3.05) is 17.9 Å². The first-order chi connectivity index (χ1) is 13.7. The topological polar surface area (TPSA) is 81.1 Å². The van der Waals surface area contributed by atoms with Gasteiger partial charge in [0.15, 0.2) is 5.82 Å². The van der Waals surface area contributed by atoms with E-state index in [1.54, 1.807) is 7.11 Å². The number of hydrogen-bond donors (Lipinski definition) is 2. The van der Waals surface area contributed by atoms with Crippen molar-refractivity contribution in [2.45, 2.75) is 29.8 Å². The molecule has 1 amide bonds. The summed E-state index contributed by atoms with van der Waals surface area (Å²) in [4.78, 5) is 13.2. The van der Waals surface area contributed by atoms with Gasteiger partial charge in [0.25, 0.3) is 0 Å². The molecular weight excluding hydrogens is 374 g/mol. The number of anilines is 1. The summed E-state index contributed by atoms with van der Waals surface area (Å²) in [5, 5.41) is 11.7. The number of thioether (sulfide) groups is 1. The first-order valence-electron chi connectivity index (χ1n) is 9.07. The number of carbonyl (C=O) groups excluding carboxylic acids is 1. The molecule has 4 rings (SSSR count). The van der Waals surface area contributed by atoms with E-state index in [2.05, 4.69) is 20.9 Å². The molecule has 0 saturated heterocycles. The van der Waals surface area contributed by atoms with Crippen LogP contribution in [0.3, 0.4) is 0 Å². The molecule has 7 nitrogen and oxygen atoms in total. The second kappa shape index (κ2) is 7.93. The Hall–Kier alpha value is -3.00. The third-order valence-electron chi connectivity index (χ3n) is 4.60. The molecule has 0 spiro atoms. The molecule has 2 unspecified atom stereocenters. The molecule has 1 aliphatic heterocycles. The lowest BCUT2D eigenvalue weighted by atomic mass is 10.0. The number of aromatic nitrogens is 3. The van der Waals surface area contributed by atoms with Gasteiger partial charge in [-0.25, -0.2) is 4.68 Å². The van der Waals surface area contributed by atoms with Gasteiger partial charge in [0.1, 0.15) is 11.0 Å². The van der Waals surface area contributed by atoms with Crippen molar-refractivity contribution in [3.63, 3.8) is 0 Å². The van der Waals surface area contributed by atoms with Crippen molar-refractivity contribution in [1.29, 1.82) is 0 Å². The lowest BCUT2D eigenvalue weighted by Crippen LogP contribution is -2.41. The van der Waals surface area contributed by atoms with Crippen LogP contribution in [0.4, 0.5) is 5.69 Å². The zero-order valence-corrected chi connectivity index (χ0v) is 16.4. The number of ether oxygens (including phenoxy) is 1. The number of carbonyl (C=O) groups is 1. The summed E-state index contributed by atoms with van der Waals surface area (Å²) >= 11 is 1.41. The highest BCUT2D eigenvalue weighted by molar-refractivity contribution is 8.00. The van der Waals surface area contributed by atoms with Crippen molar-refractivity contribution in [3.05, 3.63) is 66.0 Å². The molecule has 2 aromatic carbocycles. The van der Waals surface area contributed by atoms with Crippen LogP contribution in [0.25, 0.3) is 0 Å². The molecule has 0 saturated carbocycles. The van der Waals surface area contributed by atoms with E-state index in [1.807, 2.05) is 66.2 Å². The molecule has 0 bridgehead atoms. The molecule has 2 heterocycles. The fourth-order valence-corrected chi connectivity index (χ4v) is 4.29. The quantitative estimate of drug-likeness (QED) is 0.690. The lowest BCUT2D eigenvalue weighted by molar-refractivity contribution is -0.116. The summed E-state index contributed by atoms with van der Waals surface area (Å²) in [5.74, 6) is 1.34. The second-order valence-electron chi connectivity index (χ2n) is 6.33. The van der Waals surface area contributed by atoms with E-state index in [4.69, 9.17) is 4.74 Å². The van der Waals surface area contributed by atoms with Gasteiger partial charge in [-0.2, -0.15) is 0 Å². The number of nitrogens with one attached hydrogen (secondary N) is 2. The number of amides is 1. The summed E-state index contributed by atoms with van der Waals surface area (Å²) in [6.45, 7) is 2.03. The monoisotopic (exact) mass is 395 g/mol. The lowest BCUT2D eigenvalue weighted by Gasteiger charge is -2.33. The first-order valence-corrected chi connectivity index (χ1v) is 9.95. The molecule has 0 radical (unpaired) electrons. The molecule has 2 atom stereocenters. The van der Waals surface area contributed by atoms with Crippen LogP contribution in [0.1, 0.15) is 24.4 Å². The Kier molecular flexibility index (Phi) is 5.21. The summed E-state index contributed by atoms with van der Waals surface area (Å²) in [5.41, 5.74) is 5.10. The molecule has 0 aliphatic carbocycles. The molecule has 0 fully saturated rings. The Balaban J connectivity index is 1.67. The van der Waals surface area contributed by atoms with Crippen LogP contribution in [0.5, 0.6) is 5.75 Å². The van der Waals surface area contributed by atoms with E-state index in [1.165, 1.54) is 11.8 Å². The highest BCUT2D eigenvalue weighted by Crippen LogP contribution is 2.38. The Morgan fingerprint density at radius 3 is 2.68 bits per heavy atom. The average molecular weight is 395 g/mol. The summed E-state index contributed by atoms with van der Waals surface area (Å²) in [7, 11) is 1.59. The number of benzene rings is 2. The smallest absolute Gasteiger partial charge is 0.240 e. The van der Waals surface area contributed by atoms with Gasteiger partial charge in [0.05, 0.1) is 18.8 Å². The predicted molar refractivity (Wildman–Crippen MR) is 109 cm³/mol. The minimum Gasteiger partial charge on any atom is -0.495 e. The predicted octanol–water partition coefficient (Wildman–Crippen LogP) is 3.25. The first kappa shape index (κ1) is 18.4. The van der Waals surface area contributed by atoms with Gasteiger partial charge in [0.2, 0.25) is 11.1 Å². The van der Waals surface area contributed by atoms with Crippen LogP contribution in [0.15, 0.2) is 59.8 Å². The minimum absolute atomic E-state index is 0.122. The number of aryl methyl sites for hydroxylation is 1. The second-order valence-corrected chi connectivity index (χ2v) is 7.44. The Bertz CT molecular complexity index is 976. The summed E-state index contributed by atoms with van der Waals surface area (Å²) < 4.78 is 7.24. The van der Waals surface area contributed by atoms with Crippen molar-refractivity contribution in [1.82, 2.24) is 14.9 Å². The standard InChI is InChI=1S/C20H21N5O2S/c1-3-16-22-23-20-25(16)24-17(13-9-5-4-6-10-13)18(28-20)19(26)21-14-11-7-8-12-15(14)27-2/h4-12,17-18,24H,3H2,1-2H3,(H,21,26). The molecule has 144 valence electrons. The number of fused-ring (bicyclic) bond motifs is 1. The van der Waals surface area contributed by atoms with Gasteiger partial charge < -0.3 is 15.5 Å². The van der Waals surface area contributed by atoms with Crippen LogP contribution >= 0.6 is 11.8 Å². The zero-order valence-electron chi connectivity index (χ0n) is 15.6. The van der Waals surface area contributed by atoms with Crippen LogP contribution in [-0.4, -0.2) is 33.1 Å². The largest absolute Gasteiger partial charge is 0.495 e. The SMILES string of the molecule is CCc1nnc2n1NC(c1ccccc1)C(C(=O)Nc1ccccc1OC)S2. The summed E-state index contributed by atoms with van der Waals surface area (Å²) in [6, 6.07) is 17.1. The molecule has 1 aromatic heterocycles. The van der Waals surface area contributed by atoms with Gasteiger partial charge in [-0.3, -0.25) is 4.79 Å². The molecule has 2 N–H and O–H groups in total. The van der Waals surface area contributed by atoms with E-state index >= 15 is 0 Å². The van der Waals surface area contributed by atoms with E-state index < -0.39 is 5.25 Å². The van der Waals surface area contributed by atoms with Crippen LogP contribution in [0, 0.1) is 0 Å². The van der Waals surface area contributed by atoms with E-state index in [0.717, 1.165) is 17.8 Å². The number of hydrogen-bond acceptors (Lipinski definition) is 6. The fourth-order valence-electron chi connectivity index (χ4n) is 3.19. The van der Waals surface area contributed by atoms with E-state index in [0.29, 0.717) is 16.6 Å². The maximum absolute atomic E-state index is 13.2. The molecule has 3 aromatic rings. The fraction of sp³-hybridized carbons (Fsp3) is 0.250. The Morgan fingerprint density at radius 2 is 1.93 bits per heavy atom. The van der Waals surface area contributed by atoms with Crippen molar-refractivity contribution in [3.8, 4) is 5.75 Å².